The Bertz CT molecular complexity index is 493. The number of nitrogens with one attached hydrogen (secondary N) is 1. The van der Waals surface area contributed by atoms with Crippen LogP contribution < -0.4 is 5.32 Å². The van der Waals surface area contributed by atoms with E-state index in [-0.39, 0.29) is 6.10 Å². The predicted octanol–water partition coefficient (Wildman–Crippen LogP) is 3.07. The Labute approximate surface area is 113 Å². The zero-order chi connectivity index (χ0) is 13.1. The fraction of sp³-hybridized carbons (Fsp3) is 0.500. The van der Waals surface area contributed by atoms with Gasteiger partial charge in [0, 0.05) is 5.39 Å². The molecule has 3 rings (SSSR count). The quantitative estimate of drug-likeness (QED) is 0.887. The van der Waals surface area contributed by atoms with Crippen molar-refractivity contribution in [2.75, 3.05) is 6.54 Å². The zero-order valence-electron chi connectivity index (χ0n) is 11.1. The highest BCUT2D eigenvalue weighted by Gasteiger charge is 2.18. The van der Waals surface area contributed by atoms with Crippen molar-refractivity contribution < 1.29 is 9.52 Å². The number of hydrogen-bond donors (Lipinski definition) is 2. The van der Waals surface area contributed by atoms with Crippen LogP contribution in [0.25, 0.3) is 11.0 Å². The van der Waals surface area contributed by atoms with Crippen LogP contribution in [-0.2, 0) is 6.54 Å². The summed E-state index contributed by atoms with van der Waals surface area (Å²) in [6, 6.07) is 10.2. The lowest BCUT2D eigenvalue weighted by molar-refractivity contribution is 0.108. The van der Waals surface area contributed by atoms with Gasteiger partial charge < -0.3 is 14.8 Å². The number of aliphatic hydroxyl groups excluding tert-OH is 1. The third-order valence-corrected chi connectivity index (χ3v) is 4.03. The number of hydrogen-bond acceptors (Lipinski definition) is 3. The van der Waals surface area contributed by atoms with E-state index in [0.717, 1.165) is 50.1 Å². The molecule has 0 spiro atoms. The number of para-hydroxylation sites is 1. The first-order chi connectivity index (χ1) is 9.31. The van der Waals surface area contributed by atoms with E-state index >= 15 is 0 Å². The molecule has 0 aliphatic heterocycles. The number of rotatable bonds is 4. The Hall–Kier alpha value is -1.32. The van der Waals surface area contributed by atoms with E-state index in [1.54, 1.807) is 0 Å². The molecule has 0 unspecified atom stereocenters. The molecule has 1 aliphatic rings. The number of benzene rings is 1. The van der Waals surface area contributed by atoms with Gasteiger partial charge in [-0.3, -0.25) is 0 Å². The van der Waals surface area contributed by atoms with E-state index in [1.807, 2.05) is 18.2 Å². The molecule has 0 saturated heterocycles. The van der Waals surface area contributed by atoms with Crippen LogP contribution in [0.2, 0.25) is 0 Å². The van der Waals surface area contributed by atoms with E-state index < -0.39 is 0 Å². The SMILES string of the molecule is OC1CCC(CNCc2cc3ccccc3o2)CC1. The summed E-state index contributed by atoms with van der Waals surface area (Å²) >= 11 is 0. The molecule has 3 nitrogen and oxygen atoms in total. The maximum absolute atomic E-state index is 9.48. The summed E-state index contributed by atoms with van der Waals surface area (Å²) in [6.07, 6.45) is 4.11. The average molecular weight is 259 g/mol. The summed E-state index contributed by atoms with van der Waals surface area (Å²) < 4.78 is 5.77. The van der Waals surface area contributed by atoms with Gasteiger partial charge in [-0.25, -0.2) is 0 Å². The minimum atomic E-state index is -0.0633. The Morgan fingerprint density at radius 1 is 1.16 bits per heavy atom. The highest BCUT2D eigenvalue weighted by Crippen LogP contribution is 2.24. The van der Waals surface area contributed by atoms with Gasteiger partial charge in [-0.05, 0) is 50.3 Å². The first kappa shape index (κ1) is 12.7. The molecule has 0 amide bonds. The van der Waals surface area contributed by atoms with Crippen LogP contribution in [0.1, 0.15) is 31.4 Å². The standard InChI is InChI=1S/C16H21NO2/c18-14-7-5-12(6-8-14)10-17-11-15-9-13-3-1-2-4-16(13)19-15/h1-4,9,12,14,17-18H,5-8,10-11H2. The number of fused-ring (bicyclic) bond motifs is 1. The van der Waals surface area contributed by atoms with Gasteiger partial charge >= 0.3 is 0 Å². The maximum atomic E-state index is 9.48. The lowest BCUT2D eigenvalue weighted by atomic mass is 9.87. The molecule has 2 N–H and O–H groups in total. The average Bonchev–Trinajstić information content (AvgIpc) is 2.83. The Morgan fingerprint density at radius 3 is 2.74 bits per heavy atom. The molecule has 1 fully saturated rings. The molecule has 3 heteroatoms. The fourth-order valence-electron chi connectivity index (χ4n) is 2.87. The van der Waals surface area contributed by atoms with Gasteiger partial charge in [0.2, 0.25) is 0 Å². The van der Waals surface area contributed by atoms with Crippen molar-refractivity contribution in [2.45, 2.75) is 38.3 Å². The molecule has 1 aromatic heterocycles. The summed E-state index contributed by atoms with van der Waals surface area (Å²) in [6.45, 7) is 1.80. The van der Waals surface area contributed by atoms with Crippen molar-refractivity contribution in [1.82, 2.24) is 5.32 Å². The lowest BCUT2D eigenvalue weighted by Gasteiger charge is -2.25. The fourth-order valence-corrected chi connectivity index (χ4v) is 2.87. The normalized spacial score (nSPS) is 23.8. The summed E-state index contributed by atoms with van der Waals surface area (Å²) in [5.41, 5.74) is 0.958. The molecule has 1 heterocycles. The van der Waals surface area contributed by atoms with E-state index in [1.165, 1.54) is 5.39 Å². The summed E-state index contributed by atoms with van der Waals surface area (Å²) in [4.78, 5) is 0. The molecule has 0 bridgehead atoms. The van der Waals surface area contributed by atoms with Crippen LogP contribution in [0.3, 0.4) is 0 Å². The molecule has 19 heavy (non-hydrogen) atoms. The maximum Gasteiger partial charge on any atom is 0.134 e. The summed E-state index contributed by atoms with van der Waals surface area (Å²) in [5, 5.41) is 14.1. The summed E-state index contributed by atoms with van der Waals surface area (Å²) in [5.74, 6) is 1.70. The minimum Gasteiger partial charge on any atom is -0.460 e. The minimum absolute atomic E-state index is 0.0633. The van der Waals surface area contributed by atoms with Gasteiger partial charge in [0.15, 0.2) is 0 Å². The highest BCUT2D eigenvalue weighted by atomic mass is 16.3. The van der Waals surface area contributed by atoms with Crippen LogP contribution in [-0.4, -0.2) is 17.8 Å². The molecule has 1 aliphatic carbocycles. The van der Waals surface area contributed by atoms with E-state index in [4.69, 9.17) is 4.42 Å². The Balaban J connectivity index is 1.49. The first-order valence-corrected chi connectivity index (χ1v) is 7.17. The van der Waals surface area contributed by atoms with Crippen LogP contribution in [0.15, 0.2) is 34.7 Å². The van der Waals surface area contributed by atoms with Crippen molar-refractivity contribution in [3.63, 3.8) is 0 Å². The Morgan fingerprint density at radius 2 is 1.95 bits per heavy atom. The van der Waals surface area contributed by atoms with Gasteiger partial charge in [-0.2, -0.15) is 0 Å². The van der Waals surface area contributed by atoms with Crippen LogP contribution >= 0.6 is 0 Å². The topological polar surface area (TPSA) is 45.4 Å². The summed E-state index contributed by atoms with van der Waals surface area (Å²) in [7, 11) is 0. The molecule has 0 atom stereocenters. The monoisotopic (exact) mass is 259 g/mol. The predicted molar refractivity (Wildman–Crippen MR) is 75.9 cm³/mol. The molecule has 0 radical (unpaired) electrons. The van der Waals surface area contributed by atoms with Gasteiger partial charge in [0.25, 0.3) is 0 Å². The molecular formula is C16H21NO2. The largest absolute Gasteiger partial charge is 0.460 e. The van der Waals surface area contributed by atoms with Crippen LogP contribution in [0.4, 0.5) is 0 Å². The van der Waals surface area contributed by atoms with Gasteiger partial charge in [0.1, 0.15) is 11.3 Å². The highest BCUT2D eigenvalue weighted by molar-refractivity contribution is 5.77. The van der Waals surface area contributed by atoms with Crippen LogP contribution in [0.5, 0.6) is 0 Å². The first-order valence-electron chi connectivity index (χ1n) is 7.17. The number of furan rings is 1. The second-order valence-corrected chi connectivity index (χ2v) is 5.56. The van der Waals surface area contributed by atoms with E-state index in [2.05, 4.69) is 17.4 Å². The zero-order valence-corrected chi connectivity index (χ0v) is 11.1. The molecule has 2 aromatic rings. The molecular weight excluding hydrogens is 238 g/mol. The van der Waals surface area contributed by atoms with E-state index in [0.29, 0.717) is 5.92 Å². The van der Waals surface area contributed by atoms with Crippen molar-refractivity contribution in [2.24, 2.45) is 5.92 Å². The second-order valence-electron chi connectivity index (χ2n) is 5.56. The van der Waals surface area contributed by atoms with Gasteiger partial charge in [0.05, 0.1) is 12.6 Å². The second kappa shape index (κ2) is 5.76. The molecule has 1 aromatic carbocycles. The third kappa shape index (κ3) is 3.17. The Kier molecular flexibility index (Phi) is 3.85. The van der Waals surface area contributed by atoms with Crippen LogP contribution in [0, 0.1) is 5.92 Å². The third-order valence-electron chi connectivity index (χ3n) is 4.03. The smallest absolute Gasteiger partial charge is 0.134 e. The van der Waals surface area contributed by atoms with Gasteiger partial charge in [-0.1, -0.05) is 18.2 Å². The van der Waals surface area contributed by atoms with E-state index in [9.17, 15) is 5.11 Å². The molecule has 102 valence electrons. The van der Waals surface area contributed by atoms with Crippen molar-refractivity contribution >= 4 is 11.0 Å². The van der Waals surface area contributed by atoms with Crippen molar-refractivity contribution in [1.29, 1.82) is 0 Å². The molecule has 1 saturated carbocycles. The number of aliphatic hydroxyl groups is 1. The lowest BCUT2D eigenvalue weighted by Crippen LogP contribution is -2.27. The van der Waals surface area contributed by atoms with Crippen molar-refractivity contribution in [3.8, 4) is 0 Å². The van der Waals surface area contributed by atoms with Crippen molar-refractivity contribution in [3.05, 3.63) is 36.1 Å². The van der Waals surface area contributed by atoms with Gasteiger partial charge in [-0.15, -0.1) is 0 Å².